The summed E-state index contributed by atoms with van der Waals surface area (Å²) >= 11 is 1.17. The van der Waals surface area contributed by atoms with Crippen LogP contribution in [0.15, 0.2) is 40.4 Å². The zero-order valence-corrected chi connectivity index (χ0v) is 13.6. The quantitative estimate of drug-likeness (QED) is 0.708. The van der Waals surface area contributed by atoms with Crippen molar-refractivity contribution in [1.82, 2.24) is 19.5 Å². The molecule has 1 atom stereocenters. The van der Waals surface area contributed by atoms with Crippen molar-refractivity contribution in [2.45, 2.75) is 18.0 Å². The number of pyridine rings is 1. The van der Waals surface area contributed by atoms with Gasteiger partial charge >= 0.3 is 6.18 Å². The van der Waals surface area contributed by atoms with Crippen LogP contribution in [-0.2, 0) is 5.41 Å². The average molecular weight is 367 g/mol. The molecule has 4 heterocycles. The summed E-state index contributed by atoms with van der Waals surface area (Å²) in [5.74, 6) is 0.130. The number of hydrogen-bond donors (Lipinski definition) is 0. The standard InChI is InChI=1S/C15H12F3N5OS/c16-15(17,18)14(5-7-23(9-14)11-3-1-2-6-19-11)13-20-12(21-24-13)10-4-8-25-22-10/h1-4,6,8H,5,7,9H2. The SMILES string of the molecule is FC(F)(F)C1(c2nc(-c3ccsn3)no2)CCN(c2ccccn2)C1. The number of hydrogen-bond acceptors (Lipinski definition) is 7. The lowest BCUT2D eigenvalue weighted by molar-refractivity contribution is -0.191. The zero-order chi connectivity index (χ0) is 17.5. The molecule has 0 spiro atoms. The van der Waals surface area contributed by atoms with E-state index in [-0.39, 0.29) is 25.3 Å². The molecular formula is C15H12F3N5OS. The van der Waals surface area contributed by atoms with Crippen molar-refractivity contribution >= 4 is 17.4 Å². The Bertz CT molecular complexity index is 852. The fourth-order valence-corrected chi connectivity index (χ4v) is 3.43. The van der Waals surface area contributed by atoms with E-state index < -0.39 is 17.5 Å². The minimum Gasteiger partial charge on any atom is -0.355 e. The molecule has 0 aromatic carbocycles. The van der Waals surface area contributed by atoms with Gasteiger partial charge in [-0.05, 0) is 36.2 Å². The molecule has 130 valence electrons. The van der Waals surface area contributed by atoms with Crippen molar-refractivity contribution in [1.29, 1.82) is 0 Å². The molecule has 6 nitrogen and oxygen atoms in total. The molecule has 10 heteroatoms. The van der Waals surface area contributed by atoms with Crippen LogP contribution in [0.1, 0.15) is 12.3 Å². The summed E-state index contributed by atoms with van der Waals surface area (Å²) in [5, 5.41) is 5.38. The molecule has 0 radical (unpaired) electrons. The normalized spacial score (nSPS) is 21.0. The maximum atomic E-state index is 14.0. The molecule has 1 saturated heterocycles. The van der Waals surface area contributed by atoms with Crippen LogP contribution in [0, 0.1) is 0 Å². The summed E-state index contributed by atoms with van der Waals surface area (Å²) in [4.78, 5) is 9.72. The number of aromatic nitrogens is 4. The Morgan fingerprint density at radius 3 is 2.80 bits per heavy atom. The third-order valence-corrected chi connectivity index (χ3v) is 4.85. The predicted octanol–water partition coefficient (Wildman–Crippen LogP) is 3.30. The first-order valence-electron chi connectivity index (χ1n) is 7.47. The Morgan fingerprint density at radius 1 is 1.24 bits per heavy atom. The van der Waals surface area contributed by atoms with Crippen LogP contribution < -0.4 is 4.90 Å². The highest BCUT2D eigenvalue weighted by Gasteiger charge is 2.63. The maximum absolute atomic E-state index is 14.0. The number of alkyl halides is 3. The first-order chi connectivity index (χ1) is 12.0. The second-order valence-corrected chi connectivity index (χ2v) is 6.41. The number of nitrogens with zero attached hydrogens (tertiary/aromatic N) is 5. The summed E-state index contributed by atoms with van der Waals surface area (Å²) in [7, 11) is 0. The zero-order valence-electron chi connectivity index (χ0n) is 12.8. The van der Waals surface area contributed by atoms with Gasteiger partial charge in [0.15, 0.2) is 5.41 Å². The molecule has 1 aliphatic rings. The van der Waals surface area contributed by atoms with Gasteiger partial charge in [-0.25, -0.2) is 4.98 Å². The Labute approximate surface area is 144 Å². The second kappa shape index (κ2) is 5.80. The molecule has 0 bridgehead atoms. The minimum atomic E-state index is -4.53. The third-order valence-electron chi connectivity index (χ3n) is 4.29. The summed E-state index contributed by atoms with van der Waals surface area (Å²) in [5.41, 5.74) is -1.82. The summed E-state index contributed by atoms with van der Waals surface area (Å²) < 4.78 is 50.9. The molecule has 0 amide bonds. The molecule has 0 N–H and O–H groups in total. The Morgan fingerprint density at radius 2 is 2.12 bits per heavy atom. The van der Waals surface area contributed by atoms with E-state index in [0.717, 1.165) is 0 Å². The van der Waals surface area contributed by atoms with Gasteiger partial charge in [0, 0.05) is 24.7 Å². The average Bonchev–Trinajstić information content (AvgIpc) is 3.33. The fraction of sp³-hybridized carbons (Fsp3) is 0.333. The van der Waals surface area contributed by atoms with E-state index in [2.05, 4.69) is 19.5 Å². The highest BCUT2D eigenvalue weighted by Crippen LogP contribution is 2.48. The lowest BCUT2D eigenvalue weighted by Crippen LogP contribution is -2.45. The van der Waals surface area contributed by atoms with Gasteiger partial charge in [-0.2, -0.15) is 22.5 Å². The molecule has 3 aromatic heterocycles. The monoisotopic (exact) mass is 367 g/mol. The van der Waals surface area contributed by atoms with Gasteiger partial charge in [-0.3, -0.25) is 0 Å². The van der Waals surface area contributed by atoms with Crippen molar-refractivity contribution in [2.75, 3.05) is 18.0 Å². The Kier molecular flexibility index (Phi) is 3.71. The molecule has 1 fully saturated rings. The van der Waals surface area contributed by atoms with Gasteiger partial charge in [-0.15, -0.1) is 0 Å². The lowest BCUT2D eigenvalue weighted by Gasteiger charge is -2.28. The van der Waals surface area contributed by atoms with Crippen LogP contribution in [0.25, 0.3) is 11.5 Å². The predicted molar refractivity (Wildman–Crippen MR) is 84.2 cm³/mol. The van der Waals surface area contributed by atoms with Crippen LogP contribution in [-0.4, -0.2) is 38.8 Å². The van der Waals surface area contributed by atoms with Crippen LogP contribution in [0.2, 0.25) is 0 Å². The van der Waals surface area contributed by atoms with Crippen molar-refractivity contribution < 1.29 is 17.7 Å². The lowest BCUT2D eigenvalue weighted by atomic mass is 9.86. The van der Waals surface area contributed by atoms with E-state index >= 15 is 0 Å². The summed E-state index contributed by atoms with van der Waals surface area (Å²) in [6.45, 7) is -0.114. The van der Waals surface area contributed by atoms with Crippen molar-refractivity contribution in [3.8, 4) is 11.5 Å². The molecule has 1 unspecified atom stereocenters. The van der Waals surface area contributed by atoms with Crippen LogP contribution in [0.3, 0.4) is 0 Å². The van der Waals surface area contributed by atoms with Gasteiger partial charge in [0.2, 0.25) is 11.7 Å². The van der Waals surface area contributed by atoms with E-state index in [1.165, 1.54) is 11.5 Å². The molecule has 3 aromatic rings. The number of rotatable bonds is 3. The van der Waals surface area contributed by atoms with E-state index in [1.54, 1.807) is 40.7 Å². The molecule has 1 aliphatic heterocycles. The van der Waals surface area contributed by atoms with Crippen molar-refractivity contribution in [3.05, 3.63) is 41.7 Å². The number of halogens is 3. The molecule has 0 saturated carbocycles. The second-order valence-electron chi connectivity index (χ2n) is 5.75. The van der Waals surface area contributed by atoms with Gasteiger partial charge in [0.25, 0.3) is 0 Å². The van der Waals surface area contributed by atoms with Gasteiger partial charge in [-0.1, -0.05) is 11.2 Å². The summed E-state index contributed by atoms with van der Waals surface area (Å²) in [6.07, 6.45) is -3.15. The molecule has 4 rings (SSSR count). The van der Waals surface area contributed by atoms with E-state index in [4.69, 9.17) is 4.52 Å². The van der Waals surface area contributed by atoms with Crippen molar-refractivity contribution in [3.63, 3.8) is 0 Å². The van der Waals surface area contributed by atoms with Crippen molar-refractivity contribution in [2.24, 2.45) is 0 Å². The van der Waals surface area contributed by atoms with Crippen LogP contribution in [0.5, 0.6) is 0 Å². The molecular weight excluding hydrogens is 355 g/mol. The van der Waals surface area contributed by atoms with Gasteiger partial charge in [0.05, 0.1) is 0 Å². The summed E-state index contributed by atoms with van der Waals surface area (Å²) in [6, 6.07) is 6.77. The number of anilines is 1. The minimum absolute atomic E-state index is 0.0659. The molecule has 0 aliphatic carbocycles. The van der Waals surface area contributed by atoms with Gasteiger partial charge in [0.1, 0.15) is 11.5 Å². The van der Waals surface area contributed by atoms with E-state index in [1.807, 2.05) is 0 Å². The largest absolute Gasteiger partial charge is 0.405 e. The van der Waals surface area contributed by atoms with Gasteiger partial charge < -0.3 is 9.42 Å². The maximum Gasteiger partial charge on any atom is 0.405 e. The van der Waals surface area contributed by atoms with Crippen LogP contribution in [0.4, 0.5) is 19.0 Å². The fourth-order valence-electron chi connectivity index (χ4n) is 2.92. The smallest absolute Gasteiger partial charge is 0.355 e. The Hall–Kier alpha value is -2.49. The highest BCUT2D eigenvalue weighted by molar-refractivity contribution is 7.03. The van der Waals surface area contributed by atoms with Crippen LogP contribution >= 0.6 is 11.5 Å². The topological polar surface area (TPSA) is 67.9 Å². The van der Waals surface area contributed by atoms with E-state index in [0.29, 0.717) is 11.5 Å². The molecule has 25 heavy (non-hydrogen) atoms. The first kappa shape index (κ1) is 16.0. The first-order valence-corrected chi connectivity index (χ1v) is 8.31. The third kappa shape index (κ3) is 2.66. The Balaban J connectivity index is 1.70. The van der Waals surface area contributed by atoms with E-state index in [9.17, 15) is 13.2 Å². The highest BCUT2D eigenvalue weighted by atomic mass is 32.1.